The van der Waals surface area contributed by atoms with Crippen LogP contribution in [0.1, 0.15) is 50.4 Å². The SMILES string of the molecule is CC(C)NC(=O)Nc1ccc(C(=O)N2CCN(CC(=O)N3CCCCC3C)CC2)cc1. The van der Waals surface area contributed by atoms with Crippen molar-refractivity contribution in [1.29, 1.82) is 0 Å². The highest BCUT2D eigenvalue weighted by atomic mass is 16.2. The van der Waals surface area contributed by atoms with Gasteiger partial charge in [0, 0.05) is 56.1 Å². The lowest BCUT2D eigenvalue weighted by molar-refractivity contribution is -0.136. The van der Waals surface area contributed by atoms with Crippen LogP contribution in [0.3, 0.4) is 0 Å². The van der Waals surface area contributed by atoms with Gasteiger partial charge in [-0.1, -0.05) is 0 Å². The molecule has 2 heterocycles. The van der Waals surface area contributed by atoms with Crippen molar-refractivity contribution >= 4 is 23.5 Å². The van der Waals surface area contributed by atoms with Gasteiger partial charge in [-0.25, -0.2) is 4.79 Å². The minimum Gasteiger partial charge on any atom is -0.339 e. The van der Waals surface area contributed by atoms with Gasteiger partial charge in [-0.3, -0.25) is 14.5 Å². The maximum atomic E-state index is 12.8. The number of urea groups is 1. The summed E-state index contributed by atoms with van der Waals surface area (Å²) in [4.78, 5) is 43.3. The molecule has 1 atom stereocenters. The standard InChI is InChI=1S/C23H35N5O3/c1-17(2)24-23(31)25-20-9-7-19(8-10-20)22(30)27-14-12-26(13-15-27)16-21(29)28-11-5-4-6-18(28)3/h7-10,17-18H,4-6,11-16H2,1-3H3,(H2,24,25,31). The number of carbonyl (C=O) groups excluding carboxylic acids is 3. The van der Waals surface area contributed by atoms with E-state index in [1.807, 2.05) is 23.6 Å². The van der Waals surface area contributed by atoms with Crippen LogP contribution in [0, 0.1) is 0 Å². The highest BCUT2D eigenvalue weighted by Gasteiger charge is 2.27. The molecule has 1 unspecified atom stereocenters. The van der Waals surface area contributed by atoms with Crippen molar-refractivity contribution in [2.24, 2.45) is 0 Å². The third-order valence-electron chi connectivity index (χ3n) is 5.95. The second-order valence-corrected chi connectivity index (χ2v) is 8.83. The van der Waals surface area contributed by atoms with Crippen molar-refractivity contribution in [2.75, 3.05) is 44.6 Å². The van der Waals surface area contributed by atoms with Gasteiger partial charge in [0.15, 0.2) is 0 Å². The molecule has 0 bridgehead atoms. The maximum absolute atomic E-state index is 12.8. The van der Waals surface area contributed by atoms with Gasteiger partial charge in [-0.15, -0.1) is 0 Å². The quantitative estimate of drug-likeness (QED) is 0.753. The Hall–Kier alpha value is -2.61. The number of likely N-dealkylation sites (tertiary alicyclic amines) is 1. The first-order valence-electron chi connectivity index (χ1n) is 11.3. The molecule has 2 aliphatic rings. The Morgan fingerprint density at radius 2 is 1.68 bits per heavy atom. The van der Waals surface area contributed by atoms with Crippen LogP contribution in [0.5, 0.6) is 0 Å². The van der Waals surface area contributed by atoms with Crippen LogP contribution in [-0.4, -0.2) is 83.9 Å². The van der Waals surface area contributed by atoms with Gasteiger partial charge in [0.1, 0.15) is 0 Å². The van der Waals surface area contributed by atoms with Crippen LogP contribution < -0.4 is 10.6 Å². The van der Waals surface area contributed by atoms with Crippen LogP contribution in [0.4, 0.5) is 10.5 Å². The van der Waals surface area contributed by atoms with E-state index in [4.69, 9.17) is 0 Å². The lowest BCUT2D eigenvalue weighted by atomic mass is 10.0. The van der Waals surface area contributed by atoms with Crippen LogP contribution in [0.2, 0.25) is 0 Å². The summed E-state index contributed by atoms with van der Waals surface area (Å²) in [5.41, 5.74) is 1.24. The molecule has 0 aromatic heterocycles. The fraction of sp³-hybridized carbons (Fsp3) is 0.609. The van der Waals surface area contributed by atoms with E-state index in [0.29, 0.717) is 50.0 Å². The Bertz CT molecular complexity index is 772. The van der Waals surface area contributed by atoms with Gasteiger partial charge in [0.2, 0.25) is 5.91 Å². The van der Waals surface area contributed by atoms with Crippen LogP contribution in [0.25, 0.3) is 0 Å². The lowest BCUT2D eigenvalue weighted by Crippen LogP contribution is -2.53. The predicted octanol–water partition coefficient (Wildman–Crippen LogP) is 2.38. The molecule has 8 nitrogen and oxygen atoms in total. The van der Waals surface area contributed by atoms with E-state index in [-0.39, 0.29) is 23.9 Å². The van der Waals surface area contributed by atoms with Crippen molar-refractivity contribution in [3.63, 3.8) is 0 Å². The topological polar surface area (TPSA) is 85.0 Å². The highest BCUT2D eigenvalue weighted by Crippen LogP contribution is 2.17. The summed E-state index contributed by atoms with van der Waals surface area (Å²) >= 11 is 0. The summed E-state index contributed by atoms with van der Waals surface area (Å²) in [6.45, 7) is 9.84. The van der Waals surface area contributed by atoms with E-state index in [2.05, 4.69) is 22.5 Å². The molecule has 2 saturated heterocycles. The largest absolute Gasteiger partial charge is 0.339 e. The maximum Gasteiger partial charge on any atom is 0.319 e. The number of nitrogens with one attached hydrogen (secondary N) is 2. The van der Waals surface area contributed by atoms with Gasteiger partial charge in [-0.2, -0.15) is 0 Å². The minimum absolute atomic E-state index is 0.0196. The zero-order valence-electron chi connectivity index (χ0n) is 18.9. The lowest BCUT2D eigenvalue weighted by Gasteiger charge is -2.38. The normalized spacial score (nSPS) is 19.9. The molecule has 2 aliphatic heterocycles. The second-order valence-electron chi connectivity index (χ2n) is 8.83. The molecule has 170 valence electrons. The third kappa shape index (κ3) is 6.43. The molecular formula is C23H35N5O3. The van der Waals surface area contributed by atoms with Gasteiger partial charge in [0.05, 0.1) is 6.54 Å². The summed E-state index contributed by atoms with van der Waals surface area (Å²) in [6, 6.07) is 7.07. The van der Waals surface area contributed by atoms with Crippen LogP contribution >= 0.6 is 0 Å². The van der Waals surface area contributed by atoms with E-state index >= 15 is 0 Å². The molecule has 1 aromatic rings. The zero-order valence-corrected chi connectivity index (χ0v) is 18.9. The monoisotopic (exact) mass is 429 g/mol. The fourth-order valence-corrected chi connectivity index (χ4v) is 4.17. The molecule has 0 aliphatic carbocycles. The first-order valence-corrected chi connectivity index (χ1v) is 11.3. The molecule has 1 aromatic carbocycles. The van der Waals surface area contributed by atoms with Crippen LogP contribution in [-0.2, 0) is 4.79 Å². The number of benzene rings is 1. The van der Waals surface area contributed by atoms with Crippen molar-refractivity contribution in [2.45, 2.75) is 52.1 Å². The smallest absolute Gasteiger partial charge is 0.319 e. The number of hydrogen-bond acceptors (Lipinski definition) is 4. The summed E-state index contributed by atoms with van der Waals surface area (Å²) in [5.74, 6) is 0.186. The number of piperidine rings is 1. The number of hydrogen-bond donors (Lipinski definition) is 2. The van der Waals surface area contributed by atoms with E-state index in [1.165, 1.54) is 6.42 Å². The van der Waals surface area contributed by atoms with Crippen LogP contribution in [0.15, 0.2) is 24.3 Å². The van der Waals surface area contributed by atoms with Crippen molar-refractivity contribution in [3.05, 3.63) is 29.8 Å². The number of carbonyl (C=O) groups is 3. The average Bonchev–Trinajstić information content (AvgIpc) is 2.74. The first kappa shape index (κ1) is 23.1. The summed E-state index contributed by atoms with van der Waals surface area (Å²) in [7, 11) is 0. The molecule has 8 heteroatoms. The number of piperazine rings is 1. The number of amides is 4. The third-order valence-corrected chi connectivity index (χ3v) is 5.95. The second kappa shape index (κ2) is 10.6. The highest BCUT2D eigenvalue weighted by molar-refractivity contribution is 5.95. The Kier molecular flexibility index (Phi) is 7.90. The minimum atomic E-state index is -0.265. The molecule has 2 fully saturated rings. The molecule has 31 heavy (non-hydrogen) atoms. The van der Waals surface area contributed by atoms with Gasteiger partial charge in [-0.05, 0) is 64.3 Å². The molecule has 4 amide bonds. The Morgan fingerprint density at radius 3 is 2.29 bits per heavy atom. The number of nitrogens with zero attached hydrogens (tertiary/aromatic N) is 3. The van der Waals surface area contributed by atoms with Crippen molar-refractivity contribution < 1.29 is 14.4 Å². The molecular weight excluding hydrogens is 394 g/mol. The summed E-state index contributed by atoms with van der Waals surface area (Å²) in [6.07, 6.45) is 3.38. The molecule has 0 saturated carbocycles. The van der Waals surface area contributed by atoms with E-state index in [1.54, 1.807) is 24.3 Å². The molecule has 3 rings (SSSR count). The molecule has 2 N–H and O–H groups in total. The van der Waals surface area contributed by atoms with Crippen molar-refractivity contribution in [1.82, 2.24) is 20.0 Å². The van der Waals surface area contributed by atoms with Gasteiger partial charge < -0.3 is 20.4 Å². The summed E-state index contributed by atoms with van der Waals surface area (Å²) in [5, 5.41) is 5.52. The fourth-order valence-electron chi connectivity index (χ4n) is 4.17. The predicted molar refractivity (Wildman–Crippen MR) is 121 cm³/mol. The number of rotatable bonds is 5. The van der Waals surface area contributed by atoms with Crippen molar-refractivity contribution in [3.8, 4) is 0 Å². The van der Waals surface area contributed by atoms with E-state index in [9.17, 15) is 14.4 Å². The Labute approximate surface area is 184 Å². The Morgan fingerprint density at radius 1 is 1.00 bits per heavy atom. The Balaban J connectivity index is 1.46. The number of anilines is 1. The van der Waals surface area contributed by atoms with E-state index in [0.717, 1.165) is 19.4 Å². The zero-order chi connectivity index (χ0) is 22.4. The molecule has 0 spiro atoms. The summed E-state index contributed by atoms with van der Waals surface area (Å²) < 4.78 is 0. The first-order chi connectivity index (χ1) is 14.8. The van der Waals surface area contributed by atoms with Gasteiger partial charge >= 0.3 is 6.03 Å². The average molecular weight is 430 g/mol. The van der Waals surface area contributed by atoms with Gasteiger partial charge in [0.25, 0.3) is 5.91 Å². The molecule has 0 radical (unpaired) electrons. The van der Waals surface area contributed by atoms with E-state index < -0.39 is 0 Å².